The van der Waals surface area contributed by atoms with Crippen LogP contribution in [0.4, 0.5) is 5.69 Å². The molecular weight excluding hydrogens is 384 g/mol. The molecule has 3 rings (SSSR count). The molecule has 2 aromatic rings. The first-order valence-corrected chi connectivity index (χ1v) is 10.1. The van der Waals surface area contributed by atoms with Crippen molar-refractivity contribution in [2.45, 2.75) is 19.8 Å². The van der Waals surface area contributed by atoms with Gasteiger partial charge in [-0.15, -0.1) is 0 Å². The number of allylic oxidation sites excluding steroid dienone is 2. The topological polar surface area (TPSA) is 49.4 Å². The maximum atomic E-state index is 12.6. The molecule has 0 saturated carbocycles. The van der Waals surface area contributed by atoms with Crippen molar-refractivity contribution in [1.29, 1.82) is 0 Å². The van der Waals surface area contributed by atoms with Crippen molar-refractivity contribution >= 4 is 34.7 Å². The molecule has 0 radical (unpaired) electrons. The molecular formula is C24H25ClN2O2. The molecule has 1 saturated heterocycles. The number of rotatable bonds is 7. The van der Waals surface area contributed by atoms with E-state index in [0.29, 0.717) is 24.5 Å². The Bertz CT molecular complexity index is 937. The van der Waals surface area contributed by atoms with Crippen LogP contribution in [0.25, 0.3) is 5.57 Å². The predicted molar refractivity (Wildman–Crippen MR) is 119 cm³/mol. The average Bonchev–Trinajstić information content (AvgIpc) is 3.11. The van der Waals surface area contributed by atoms with E-state index in [1.54, 1.807) is 11.0 Å². The van der Waals surface area contributed by atoms with E-state index in [1.165, 1.54) is 0 Å². The SMILES string of the molecule is C=C/C=C(/CCNC(=O)C1CC(=O)N(c2ccccc2)C1)c1cc(Cl)ccc1C. The van der Waals surface area contributed by atoms with Crippen LogP contribution in [-0.4, -0.2) is 24.9 Å². The summed E-state index contributed by atoms with van der Waals surface area (Å²) in [6, 6.07) is 15.2. The fraction of sp³-hybridized carbons (Fsp3) is 0.250. The molecule has 0 spiro atoms. The molecule has 1 atom stereocenters. The van der Waals surface area contributed by atoms with Gasteiger partial charge in [0.1, 0.15) is 0 Å². The minimum absolute atomic E-state index is 0.0156. The summed E-state index contributed by atoms with van der Waals surface area (Å²) in [4.78, 5) is 26.6. The highest BCUT2D eigenvalue weighted by atomic mass is 35.5. The average molecular weight is 409 g/mol. The highest BCUT2D eigenvalue weighted by molar-refractivity contribution is 6.30. The Balaban J connectivity index is 1.59. The van der Waals surface area contributed by atoms with Gasteiger partial charge in [-0.2, -0.15) is 0 Å². The van der Waals surface area contributed by atoms with Crippen LogP contribution in [0.15, 0.2) is 67.3 Å². The van der Waals surface area contributed by atoms with E-state index in [0.717, 1.165) is 22.4 Å². The molecule has 5 heteroatoms. The second-order valence-corrected chi connectivity index (χ2v) is 7.61. The molecule has 150 valence electrons. The molecule has 29 heavy (non-hydrogen) atoms. The molecule has 4 nitrogen and oxygen atoms in total. The summed E-state index contributed by atoms with van der Waals surface area (Å²) < 4.78 is 0. The van der Waals surface area contributed by atoms with Gasteiger partial charge < -0.3 is 10.2 Å². The first-order valence-electron chi connectivity index (χ1n) is 9.71. The van der Waals surface area contributed by atoms with E-state index < -0.39 is 0 Å². The number of halogens is 1. The van der Waals surface area contributed by atoms with Crippen LogP contribution in [0.2, 0.25) is 5.02 Å². The van der Waals surface area contributed by atoms with Gasteiger partial charge in [0.2, 0.25) is 11.8 Å². The minimum atomic E-state index is -0.331. The number of hydrogen-bond donors (Lipinski definition) is 1. The van der Waals surface area contributed by atoms with Crippen molar-refractivity contribution in [3.63, 3.8) is 0 Å². The smallest absolute Gasteiger partial charge is 0.227 e. The summed E-state index contributed by atoms with van der Waals surface area (Å²) in [5.74, 6) is -0.432. The van der Waals surface area contributed by atoms with Gasteiger partial charge in [-0.25, -0.2) is 0 Å². The lowest BCUT2D eigenvalue weighted by atomic mass is 9.97. The standard InChI is InChI=1S/C24H25ClN2O2/c1-3-7-18(22-15-20(25)11-10-17(22)2)12-13-26-24(29)19-14-23(28)27(16-19)21-8-5-4-6-9-21/h3-11,15,19H,1,12-14,16H2,2H3,(H,26,29)/b18-7-. The van der Waals surface area contributed by atoms with E-state index in [9.17, 15) is 9.59 Å². The van der Waals surface area contributed by atoms with Crippen molar-refractivity contribution in [2.24, 2.45) is 5.92 Å². The molecule has 1 fully saturated rings. The Labute approximate surface area is 176 Å². The second-order valence-electron chi connectivity index (χ2n) is 7.17. The number of para-hydroxylation sites is 1. The van der Waals surface area contributed by atoms with Crippen molar-refractivity contribution < 1.29 is 9.59 Å². The molecule has 0 aliphatic carbocycles. The summed E-state index contributed by atoms with van der Waals surface area (Å²) in [5.41, 5.74) is 4.07. The van der Waals surface area contributed by atoms with Crippen LogP contribution in [0.1, 0.15) is 24.0 Å². The van der Waals surface area contributed by atoms with Gasteiger partial charge in [-0.05, 0) is 54.3 Å². The minimum Gasteiger partial charge on any atom is -0.355 e. The third-order valence-electron chi connectivity index (χ3n) is 5.12. The van der Waals surface area contributed by atoms with E-state index >= 15 is 0 Å². The zero-order valence-electron chi connectivity index (χ0n) is 16.5. The third kappa shape index (κ3) is 5.15. The number of nitrogens with zero attached hydrogens (tertiary/aromatic N) is 1. The van der Waals surface area contributed by atoms with Crippen molar-refractivity contribution in [2.75, 3.05) is 18.0 Å². The van der Waals surface area contributed by atoms with Gasteiger partial charge in [-0.1, -0.05) is 54.6 Å². The molecule has 1 aliphatic heterocycles. The summed E-state index contributed by atoms with van der Waals surface area (Å²) in [6.45, 7) is 6.72. The van der Waals surface area contributed by atoms with Crippen molar-refractivity contribution in [3.8, 4) is 0 Å². The van der Waals surface area contributed by atoms with Crippen LogP contribution >= 0.6 is 11.6 Å². The van der Waals surface area contributed by atoms with Gasteiger partial charge in [0.05, 0.1) is 5.92 Å². The summed E-state index contributed by atoms with van der Waals surface area (Å²) in [7, 11) is 0. The first kappa shape index (κ1) is 20.9. The Morgan fingerprint density at radius 3 is 2.76 bits per heavy atom. The lowest BCUT2D eigenvalue weighted by Gasteiger charge is -2.17. The van der Waals surface area contributed by atoms with Gasteiger partial charge in [0.15, 0.2) is 0 Å². The monoisotopic (exact) mass is 408 g/mol. The first-order chi connectivity index (χ1) is 14.0. The molecule has 1 N–H and O–H groups in total. The second kappa shape index (κ2) is 9.57. The van der Waals surface area contributed by atoms with Crippen molar-refractivity contribution in [1.82, 2.24) is 5.32 Å². The number of anilines is 1. The quantitative estimate of drug-likeness (QED) is 0.670. The molecule has 1 aliphatic rings. The molecule has 0 bridgehead atoms. The Kier molecular flexibility index (Phi) is 6.89. The lowest BCUT2D eigenvalue weighted by molar-refractivity contribution is -0.126. The zero-order valence-corrected chi connectivity index (χ0v) is 17.3. The highest BCUT2D eigenvalue weighted by Gasteiger charge is 2.34. The summed E-state index contributed by atoms with van der Waals surface area (Å²) in [5, 5.41) is 3.66. The molecule has 2 aromatic carbocycles. The predicted octanol–water partition coefficient (Wildman–Crippen LogP) is 4.78. The number of aryl methyl sites for hydroxylation is 1. The molecule has 1 heterocycles. The number of amides is 2. The molecule has 1 unspecified atom stereocenters. The fourth-order valence-corrected chi connectivity index (χ4v) is 3.77. The maximum absolute atomic E-state index is 12.6. The van der Waals surface area contributed by atoms with Crippen LogP contribution in [0.5, 0.6) is 0 Å². The maximum Gasteiger partial charge on any atom is 0.227 e. The van der Waals surface area contributed by atoms with Gasteiger partial charge in [0, 0.05) is 30.2 Å². The third-order valence-corrected chi connectivity index (χ3v) is 5.36. The summed E-state index contributed by atoms with van der Waals surface area (Å²) >= 11 is 6.15. The van der Waals surface area contributed by atoms with Gasteiger partial charge in [0.25, 0.3) is 0 Å². The van der Waals surface area contributed by atoms with E-state index in [-0.39, 0.29) is 24.2 Å². The zero-order chi connectivity index (χ0) is 20.8. The van der Waals surface area contributed by atoms with E-state index in [4.69, 9.17) is 11.6 Å². The summed E-state index contributed by atoms with van der Waals surface area (Å²) in [6.07, 6.45) is 4.58. The van der Waals surface area contributed by atoms with Crippen LogP contribution < -0.4 is 10.2 Å². The number of hydrogen-bond acceptors (Lipinski definition) is 2. The molecule has 0 aromatic heterocycles. The Morgan fingerprint density at radius 2 is 2.03 bits per heavy atom. The largest absolute Gasteiger partial charge is 0.355 e. The van der Waals surface area contributed by atoms with E-state index in [2.05, 4.69) is 11.9 Å². The fourth-order valence-electron chi connectivity index (χ4n) is 3.60. The van der Waals surface area contributed by atoms with E-state index in [1.807, 2.05) is 61.5 Å². The van der Waals surface area contributed by atoms with Crippen LogP contribution in [-0.2, 0) is 9.59 Å². The Hall–Kier alpha value is -2.85. The van der Waals surface area contributed by atoms with Gasteiger partial charge >= 0.3 is 0 Å². The number of carbonyl (C=O) groups is 2. The lowest BCUT2D eigenvalue weighted by Crippen LogP contribution is -2.33. The number of nitrogens with one attached hydrogen (secondary N) is 1. The normalized spacial score (nSPS) is 16.8. The number of carbonyl (C=O) groups excluding carboxylic acids is 2. The molecule has 2 amide bonds. The van der Waals surface area contributed by atoms with Crippen molar-refractivity contribution in [3.05, 3.63) is 83.4 Å². The number of benzene rings is 2. The Morgan fingerprint density at radius 1 is 1.28 bits per heavy atom. The van der Waals surface area contributed by atoms with Crippen LogP contribution in [0, 0.1) is 12.8 Å². The highest BCUT2D eigenvalue weighted by Crippen LogP contribution is 2.26. The van der Waals surface area contributed by atoms with Crippen LogP contribution in [0.3, 0.4) is 0 Å². The van der Waals surface area contributed by atoms with Gasteiger partial charge in [-0.3, -0.25) is 9.59 Å².